The highest BCUT2D eigenvalue weighted by Gasteiger charge is 2.36. The lowest BCUT2D eigenvalue weighted by Gasteiger charge is -2.24. The average molecular weight is 516 g/mol. The molecule has 0 fully saturated rings. The monoisotopic (exact) mass is 515 g/mol. The maximum atomic E-state index is 12.3. The van der Waals surface area contributed by atoms with E-state index < -0.39 is 19.8 Å². The maximum Gasteiger partial charge on any atom is 0.500 e. The molecule has 0 aliphatic carbocycles. The lowest BCUT2D eigenvalue weighted by atomic mass is 10.1. The smallest absolute Gasteiger partial charge is 0.493 e. The molecule has 0 aliphatic heterocycles. The van der Waals surface area contributed by atoms with Crippen LogP contribution in [0.25, 0.3) is 0 Å². The van der Waals surface area contributed by atoms with Gasteiger partial charge >= 0.3 is 14.8 Å². The largest absolute Gasteiger partial charge is 0.500 e. The number of nitro groups is 1. The molecule has 35 heavy (non-hydrogen) atoms. The Hall–Kier alpha value is -2.21. The van der Waals surface area contributed by atoms with Crippen LogP contribution < -0.4 is 9.47 Å². The third-order valence-electron chi connectivity index (χ3n) is 6.02. The van der Waals surface area contributed by atoms with Crippen LogP contribution in [0.15, 0.2) is 12.1 Å². The maximum absolute atomic E-state index is 12.3. The zero-order chi connectivity index (χ0) is 26.3. The Morgan fingerprint density at radius 3 is 1.83 bits per heavy atom. The first-order chi connectivity index (χ1) is 16.8. The van der Waals surface area contributed by atoms with Crippen LogP contribution in [-0.2, 0) is 22.8 Å². The van der Waals surface area contributed by atoms with Gasteiger partial charge in [-0.3, -0.25) is 14.9 Å². The van der Waals surface area contributed by atoms with Crippen molar-refractivity contribution in [1.82, 2.24) is 0 Å². The van der Waals surface area contributed by atoms with E-state index in [-0.39, 0.29) is 29.4 Å². The van der Waals surface area contributed by atoms with Gasteiger partial charge in [0.2, 0.25) is 0 Å². The number of rotatable bonds is 19. The van der Waals surface area contributed by atoms with Gasteiger partial charge in [-0.15, -0.1) is 0 Å². The molecule has 0 aromatic heterocycles. The molecule has 1 atom stereocenters. The molecule has 200 valence electrons. The van der Waals surface area contributed by atoms with Crippen molar-refractivity contribution < 1.29 is 37.2 Å². The Labute approximate surface area is 209 Å². The van der Waals surface area contributed by atoms with Gasteiger partial charge in [-0.2, -0.15) is 0 Å². The van der Waals surface area contributed by atoms with Gasteiger partial charge < -0.3 is 27.5 Å². The second kappa shape index (κ2) is 16.5. The van der Waals surface area contributed by atoms with Crippen LogP contribution in [0.5, 0.6) is 11.5 Å². The van der Waals surface area contributed by atoms with Gasteiger partial charge in [0, 0.05) is 33.8 Å². The number of nitro benzene ring substituents is 1. The average Bonchev–Trinajstić information content (AvgIpc) is 2.86. The van der Waals surface area contributed by atoms with Crippen molar-refractivity contribution in [2.75, 3.05) is 35.5 Å². The fourth-order valence-corrected chi connectivity index (χ4v) is 5.71. The summed E-state index contributed by atoms with van der Waals surface area (Å²) in [7, 11) is 5.30. The van der Waals surface area contributed by atoms with Crippen molar-refractivity contribution in [3.8, 4) is 11.5 Å². The zero-order valence-electron chi connectivity index (χ0n) is 21.9. The van der Waals surface area contributed by atoms with Crippen LogP contribution in [0.4, 0.5) is 5.69 Å². The Morgan fingerprint density at radius 1 is 0.857 bits per heavy atom. The van der Waals surface area contributed by atoms with Crippen molar-refractivity contribution in [2.24, 2.45) is 0 Å². The minimum atomic E-state index is -2.46. The molecule has 0 N–H and O–H groups in total. The van der Waals surface area contributed by atoms with E-state index in [1.165, 1.54) is 26.4 Å². The summed E-state index contributed by atoms with van der Waals surface area (Å²) in [4.78, 5) is 23.2. The van der Waals surface area contributed by atoms with E-state index in [0.29, 0.717) is 5.75 Å². The topological polar surface area (TPSA) is 116 Å². The lowest BCUT2D eigenvalue weighted by Crippen LogP contribution is -2.42. The summed E-state index contributed by atoms with van der Waals surface area (Å²) in [6.45, 7) is 1.62. The van der Waals surface area contributed by atoms with E-state index in [2.05, 4.69) is 0 Å². The first-order valence-electron chi connectivity index (χ1n) is 12.0. The zero-order valence-corrected chi connectivity index (χ0v) is 22.9. The molecular formula is C24H41NO9Si. The van der Waals surface area contributed by atoms with Crippen molar-refractivity contribution in [3.05, 3.63) is 27.8 Å². The van der Waals surface area contributed by atoms with E-state index in [4.69, 9.17) is 27.5 Å². The van der Waals surface area contributed by atoms with Gasteiger partial charge in [0.1, 0.15) is 6.10 Å². The van der Waals surface area contributed by atoms with E-state index in [1.54, 1.807) is 28.3 Å². The normalized spacial score (nSPS) is 12.3. The Morgan fingerprint density at radius 2 is 1.34 bits per heavy atom. The number of ether oxygens (including phenoxy) is 3. The van der Waals surface area contributed by atoms with Crippen molar-refractivity contribution >= 4 is 20.5 Å². The fourth-order valence-electron chi connectivity index (χ4n) is 3.91. The van der Waals surface area contributed by atoms with Crippen LogP contribution in [0.3, 0.4) is 0 Å². The highest BCUT2D eigenvalue weighted by atomic mass is 28.4. The number of esters is 1. The number of carbonyl (C=O) groups excluding carboxylic acids is 1. The molecule has 0 heterocycles. The van der Waals surface area contributed by atoms with E-state index in [1.807, 2.05) is 0 Å². The van der Waals surface area contributed by atoms with Crippen LogP contribution in [-0.4, -0.2) is 55.2 Å². The predicted molar refractivity (Wildman–Crippen MR) is 134 cm³/mol. The summed E-state index contributed by atoms with van der Waals surface area (Å²) in [6.07, 6.45) is 7.75. The number of unbranched alkanes of at least 4 members (excludes halogenated alkanes) is 7. The third-order valence-corrected chi connectivity index (χ3v) is 8.85. The van der Waals surface area contributed by atoms with Gasteiger partial charge in [-0.05, 0) is 25.8 Å². The van der Waals surface area contributed by atoms with E-state index >= 15 is 0 Å². The summed E-state index contributed by atoms with van der Waals surface area (Å²) in [5, 5.41) is 11.5. The molecule has 10 nitrogen and oxygen atoms in total. The lowest BCUT2D eigenvalue weighted by molar-refractivity contribution is -0.386. The quantitative estimate of drug-likeness (QED) is 0.0762. The summed E-state index contributed by atoms with van der Waals surface area (Å²) in [5.74, 6) is 0.216. The standard InChI is InChI=1S/C24H41NO9Si/c1-19(20-17-22(29-2)23(30-3)18-21(20)25(27)28)34-24(26)15-13-11-9-7-8-10-12-14-16-35(31-4,32-5)33-6/h17-19H,7-16H2,1-6H3. The van der Waals surface area contributed by atoms with Crippen molar-refractivity contribution in [1.29, 1.82) is 0 Å². The molecule has 0 spiro atoms. The first-order valence-corrected chi connectivity index (χ1v) is 14.0. The van der Waals surface area contributed by atoms with Crippen molar-refractivity contribution in [2.45, 2.75) is 76.9 Å². The van der Waals surface area contributed by atoms with Crippen LogP contribution >= 0.6 is 0 Å². The molecule has 0 radical (unpaired) electrons. The van der Waals surface area contributed by atoms with E-state index in [9.17, 15) is 14.9 Å². The molecule has 0 aliphatic rings. The molecule has 11 heteroatoms. The van der Waals surface area contributed by atoms with Crippen LogP contribution in [0, 0.1) is 10.1 Å². The van der Waals surface area contributed by atoms with Gasteiger partial charge in [-0.1, -0.05) is 38.5 Å². The minimum absolute atomic E-state index is 0.178. The summed E-state index contributed by atoms with van der Waals surface area (Å²) < 4.78 is 32.1. The third kappa shape index (κ3) is 10.1. The van der Waals surface area contributed by atoms with Gasteiger partial charge in [0.15, 0.2) is 11.5 Å². The Balaban J connectivity index is 2.32. The highest BCUT2D eigenvalue weighted by molar-refractivity contribution is 6.60. The van der Waals surface area contributed by atoms with Gasteiger partial charge in [0.05, 0.1) is 30.8 Å². The van der Waals surface area contributed by atoms with Crippen LogP contribution in [0.2, 0.25) is 6.04 Å². The van der Waals surface area contributed by atoms with Crippen LogP contribution in [0.1, 0.15) is 76.4 Å². The number of hydrogen-bond acceptors (Lipinski definition) is 9. The fraction of sp³-hybridized carbons (Fsp3) is 0.708. The number of carbonyl (C=O) groups is 1. The molecule has 1 rings (SSSR count). The Bertz CT molecular complexity index is 778. The summed E-state index contributed by atoms with van der Waals surface area (Å²) >= 11 is 0. The highest BCUT2D eigenvalue weighted by Crippen LogP contribution is 2.38. The molecule has 1 aromatic rings. The van der Waals surface area contributed by atoms with Gasteiger partial charge in [-0.25, -0.2) is 0 Å². The van der Waals surface area contributed by atoms with E-state index in [0.717, 1.165) is 57.4 Å². The molecule has 0 amide bonds. The molecule has 0 bridgehead atoms. The van der Waals surface area contributed by atoms with Gasteiger partial charge in [0.25, 0.3) is 5.69 Å². The van der Waals surface area contributed by atoms with Crippen molar-refractivity contribution in [3.63, 3.8) is 0 Å². The minimum Gasteiger partial charge on any atom is -0.493 e. The molecule has 0 saturated carbocycles. The number of hydrogen-bond donors (Lipinski definition) is 0. The summed E-state index contributed by atoms with van der Waals surface area (Å²) in [6, 6.07) is 3.59. The first kappa shape index (κ1) is 30.8. The SMILES string of the molecule is COc1cc(C(C)OC(=O)CCCCCCCCCC[Si](OC)(OC)OC)c([N+](=O)[O-])cc1OC. The second-order valence-corrected chi connectivity index (χ2v) is 11.4. The number of nitrogens with zero attached hydrogens (tertiary/aromatic N) is 1. The Kier molecular flexibility index (Phi) is 14.5. The molecular weight excluding hydrogens is 474 g/mol. The second-order valence-electron chi connectivity index (χ2n) is 8.28. The molecule has 1 unspecified atom stereocenters. The summed E-state index contributed by atoms with van der Waals surface area (Å²) in [5.41, 5.74) is 0.0880. The molecule has 0 saturated heterocycles. The predicted octanol–water partition coefficient (Wildman–Crippen LogP) is 5.61. The molecule has 1 aromatic carbocycles. The number of benzene rings is 1. The number of methoxy groups -OCH3 is 2.